The second-order valence-electron chi connectivity index (χ2n) is 5.98. The number of hydrogen-bond donors (Lipinski definition) is 1. The van der Waals surface area contributed by atoms with Gasteiger partial charge in [-0.15, -0.1) is 0 Å². The minimum absolute atomic E-state index is 0.0128. The predicted octanol–water partition coefficient (Wildman–Crippen LogP) is 0.277. The van der Waals surface area contributed by atoms with Crippen LogP contribution in [0.15, 0.2) is 18.6 Å². The van der Waals surface area contributed by atoms with Gasteiger partial charge in [0.05, 0.1) is 18.9 Å². The molecule has 1 amide bonds. The van der Waals surface area contributed by atoms with Crippen LogP contribution in [0.4, 0.5) is 5.82 Å². The van der Waals surface area contributed by atoms with Gasteiger partial charge in [0, 0.05) is 44.4 Å². The summed E-state index contributed by atoms with van der Waals surface area (Å²) in [6.45, 7) is 4.47. The van der Waals surface area contributed by atoms with Crippen molar-refractivity contribution in [2.75, 3.05) is 44.3 Å². The summed E-state index contributed by atoms with van der Waals surface area (Å²) >= 11 is 0. The molecule has 0 spiro atoms. The molecule has 0 aromatic carbocycles. The molecular formula is C16H20N6O2. The van der Waals surface area contributed by atoms with Crippen molar-refractivity contribution in [3.05, 3.63) is 35.5 Å². The topological polar surface area (TPSA) is 87.2 Å². The molecule has 0 unspecified atom stereocenters. The lowest BCUT2D eigenvalue weighted by Crippen LogP contribution is -2.37. The van der Waals surface area contributed by atoms with E-state index in [0.29, 0.717) is 18.8 Å². The number of fused-ring (bicyclic) bond motifs is 1. The average molecular weight is 328 g/mol. The Morgan fingerprint density at radius 1 is 1.12 bits per heavy atom. The van der Waals surface area contributed by atoms with Crippen molar-refractivity contribution < 1.29 is 9.53 Å². The van der Waals surface area contributed by atoms with Crippen molar-refractivity contribution in [3.63, 3.8) is 0 Å². The van der Waals surface area contributed by atoms with E-state index in [9.17, 15) is 4.79 Å². The number of nitrogens with zero attached hydrogens (tertiary/aromatic N) is 5. The molecule has 126 valence electrons. The first-order chi connectivity index (χ1) is 11.8. The highest BCUT2D eigenvalue weighted by Crippen LogP contribution is 2.24. The smallest absolute Gasteiger partial charge is 0.271 e. The Balaban J connectivity index is 1.55. The summed E-state index contributed by atoms with van der Waals surface area (Å²) in [4.78, 5) is 25.6. The van der Waals surface area contributed by atoms with Crippen LogP contribution in [0.2, 0.25) is 0 Å². The van der Waals surface area contributed by atoms with E-state index in [0.717, 1.165) is 50.7 Å². The van der Waals surface area contributed by atoms with Crippen LogP contribution in [0.3, 0.4) is 0 Å². The maximum absolute atomic E-state index is 12.5. The molecule has 0 aliphatic carbocycles. The van der Waals surface area contributed by atoms with E-state index < -0.39 is 0 Å². The van der Waals surface area contributed by atoms with Crippen molar-refractivity contribution in [2.45, 2.75) is 12.8 Å². The van der Waals surface area contributed by atoms with Crippen LogP contribution in [-0.4, -0.2) is 70.4 Å². The van der Waals surface area contributed by atoms with Crippen molar-refractivity contribution in [1.29, 1.82) is 0 Å². The van der Waals surface area contributed by atoms with Gasteiger partial charge in [0.15, 0.2) is 0 Å². The summed E-state index contributed by atoms with van der Waals surface area (Å²) in [6.07, 6.45) is 4.75. The first kappa shape index (κ1) is 15.1. The lowest BCUT2D eigenvalue weighted by molar-refractivity contribution is 0.0757. The minimum atomic E-state index is -0.0128. The van der Waals surface area contributed by atoms with E-state index in [1.807, 2.05) is 4.90 Å². The van der Waals surface area contributed by atoms with Gasteiger partial charge in [-0.1, -0.05) is 0 Å². The largest absolute Gasteiger partial charge is 0.378 e. The molecule has 0 radical (unpaired) electrons. The Bertz CT molecular complexity index is 711. The number of amides is 1. The summed E-state index contributed by atoms with van der Waals surface area (Å²) in [5.74, 6) is 0.986. The molecule has 2 aliphatic heterocycles. The third-order valence-corrected chi connectivity index (χ3v) is 4.59. The molecule has 4 rings (SSSR count). The second-order valence-corrected chi connectivity index (χ2v) is 5.98. The Morgan fingerprint density at radius 2 is 1.96 bits per heavy atom. The summed E-state index contributed by atoms with van der Waals surface area (Å²) in [7, 11) is 0. The number of H-pyrrole nitrogens is 1. The SMILES string of the molecule is O=C(c1ccn[nH]1)N1CCc2ncnc(N3CCOCC3)c2CC1. The van der Waals surface area contributed by atoms with Crippen LogP contribution in [-0.2, 0) is 17.6 Å². The Kier molecular flexibility index (Phi) is 4.12. The number of carbonyl (C=O) groups excluding carboxylic acids is 1. The fourth-order valence-corrected chi connectivity index (χ4v) is 3.31. The highest BCUT2D eigenvalue weighted by atomic mass is 16.5. The van der Waals surface area contributed by atoms with Crippen molar-refractivity contribution in [2.24, 2.45) is 0 Å². The van der Waals surface area contributed by atoms with Crippen LogP contribution in [0, 0.1) is 0 Å². The minimum Gasteiger partial charge on any atom is -0.378 e. The van der Waals surface area contributed by atoms with E-state index in [-0.39, 0.29) is 5.91 Å². The maximum Gasteiger partial charge on any atom is 0.271 e. The lowest BCUT2D eigenvalue weighted by Gasteiger charge is -2.29. The van der Waals surface area contributed by atoms with E-state index in [1.165, 1.54) is 5.56 Å². The average Bonchev–Trinajstić information content (AvgIpc) is 3.08. The number of rotatable bonds is 2. The molecule has 1 N–H and O–H groups in total. The maximum atomic E-state index is 12.5. The van der Waals surface area contributed by atoms with Crippen molar-refractivity contribution in [3.8, 4) is 0 Å². The van der Waals surface area contributed by atoms with Gasteiger partial charge in [0.1, 0.15) is 17.8 Å². The third-order valence-electron chi connectivity index (χ3n) is 4.59. The van der Waals surface area contributed by atoms with Crippen LogP contribution in [0.1, 0.15) is 21.7 Å². The molecule has 1 saturated heterocycles. The number of hydrogen-bond acceptors (Lipinski definition) is 6. The highest BCUT2D eigenvalue weighted by molar-refractivity contribution is 5.92. The number of ether oxygens (including phenoxy) is 1. The fourth-order valence-electron chi connectivity index (χ4n) is 3.31. The van der Waals surface area contributed by atoms with Gasteiger partial charge in [-0.3, -0.25) is 9.89 Å². The molecule has 8 nitrogen and oxygen atoms in total. The summed E-state index contributed by atoms with van der Waals surface area (Å²) in [5, 5.41) is 6.61. The fraction of sp³-hybridized carbons (Fsp3) is 0.500. The molecule has 2 aromatic rings. The molecule has 0 saturated carbocycles. The first-order valence-electron chi connectivity index (χ1n) is 8.27. The first-order valence-corrected chi connectivity index (χ1v) is 8.27. The van der Waals surface area contributed by atoms with Crippen LogP contribution in [0.25, 0.3) is 0 Å². The lowest BCUT2D eigenvalue weighted by atomic mass is 10.1. The Hall–Kier alpha value is -2.48. The predicted molar refractivity (Wildman–Crippen MR) is 87.0 cm³/mol. The molecule has 0 bridgehead atoms. The number of carbonyl (C=O) groups is 1. The van der Waals surface area contributed by atoms with Gasteiger partial charge in [0.25, 0.3) is 5.91 Å². The number of aromatic nitrogens is 4. The van der Waals surface area contributed by atoms with Crippen LogP contribution < -0.4 is 4.90 Å². The zero-order valence-electron chi connectivity index (χ0n) is 13.4. The molecule has 4 heterocycles. The van der Waals surface area contributed by atoms with E-state index in [1.54, 1.807) is 18.6 Å². The standard InChI is InChI=1S/C16H20N6O2/c23-16(14-1-4-19-20-14)22-5-2-12-13(3-6-22)17-11-18-15(12)21-7-9-24-10-8-21/h1,4,11H,2-3,5-10H2,(H,19,20). The van der Waals surface area contributed by atoms with Crippen molar-refractivity contribution in [1.82, 2.24) is 25.1 Å². The van der Waals surface area contributed by atoms with Gasteiger partial charge >= 0.3 is 0 Å². The molecule has 1 fully saturated rings. The Labute approximate surface area is 139 Å². The molecule has 2 aliphatic rings. The van der Waals surface area contributed by atoms with E-state index in [2.05, 4.69) is 25.1 Å². The zero-order valence-corrected chi connectivity index (χ0v) is 13.4. The number of morpholine rings is 1. The second kappa shape index (κ2) is 6.56. The van der Waals surface area contributed by atoms with Gasteiger partial charge in [0.2, 0.25) is 0 Å². The Morgan fingerprint density at radius 3 is 2.75 bits per heavy atom. The van der Waals surface area contributed by atoms with E-state index >= 15 is 0 Å². The molecule has 8 heteroatoms. The highest BCUT2D eigenvalue weighted by Gasteiger charge is 2.25. The normalized spacial score (nSPS) is 18.2. The molecule has 24 heavy (non-hydrogen) atoms. The van der Waals surface area contributed by atoms with Gasteiger partial charge in [-0.25, -0.2) is 9.97 Å². The van der Waals surface area contributed by atoms with Crippen LogP contribution in [0.5, 0.6) is 0 Å². The third kappa shape index (κ3) is 2.84. The monoisotopic (exact) mass is 328 g/mol. The molecule has 0 atom stereocenters. The zero-order chi connectivity index (χ0) is 16.4. The quantitative estimate of drug-likeness (QED) is 0.852. The van der Waals surface area contributed by atoms with Crippen LogP contribution >= 0.6 is 0 Å². The number of nitrogens with one attached hydrogen (secondary N) is 1. The summed E-state index contributed by atoms with van der Waals surface area (Å²) in [6, 6.07) is 1.71. The molecule has 2 aromatic heterocycles. The van der Waals surface area contributed by atoms with Gasteiger partial charge < -0.3 is 14.5 Å². The number of anilines is 1. The summed E-state index contributed by atoms with van der Waals surface area (Å²) in [5.41, 5.74) is 2.74. The number of aromatic amines is 1. The van der Waals surface area contributed by atoms with Gasteiger partial charge in [-0.05, 0) is 12.5 Å². The summed E-state index contributed by atoms with van der Waals surface area (Å²) < 4.78 is 5.43. The van der Waals surface area contributed by atoms with Gasteiger partial charge in [-0.2, -0.15) is 5.10 Å². The van der Waals surface area contributed by atoms with E-state index in [4.69, 9.17) is 4.74 Å². The molecular weight excluding hydrogens is 308 g/mol. The van der Waals surface area contributed by atoms with Crippen molar-refractivity contribution >= 4 is 11.7 Å².